The fourth-order valence-corrected chi connectivity index (χ4v) is 3.65. The van der Waals surface area contributed by atoms with Crippen molar-refractivity contribution in [3.05, 3.63) is 52.5 Å². The lowest BCUT2D eigenvalue weighted by molar-refractivity contribution is -0.129. The highest BCUT2D eigenvalue weighted by Gasteiger charge is 2.18. The Hall–Kier alpha value is -2.54. The SMILES string of the molecule is CCOc1ccc(C(=O)Nc2ccc(N3CCN(C(C)=O)CC3)cc2)cc1Br. The van der Waals surface area contributed by atoms with E-state index in [-0.39, 0.29) is 11.8 Å². The summed E-state index contributed by atoms with van der Waals surface area (Å²) >= 11 is 3.43. The number of carbonyl (C=O) groups excluding carboxylic acids is 2. The third-order valence-electron chi connectivity index (χ3n) is 4.71. The van der Waals surface area contributed by atoms with Crippen molar-refractivity contribution in [3.63, 3.8) is 0 Å². The molecule has 2 amide bonds. The molecule has 0 bridgehead atoms. The number of hydrogen-bond acceptors (Lipinski definition) is 4. The number of anilines is 2. The number of benzene rings is 2. The van der Waals surface area contributed by atoms with Gasteiger partial charge < -0.3 is 19.9 Å². The van der Waals surface area contributed by atoms with Gasteiger partial charge in [-0.3, -0.25) is 9.59 Å². The summed E-state index contributed by atoms with van der Waals surface area (Å²) in [5.41, 5.74) is 2.38. The van der Waals surface area contributed by atoms with Gasteiger partial charge in [-0.2, -0.15) is 0 Å². The number of carbonyl (C=O) groups is 2. The Morgan fingerprint density at radius 3 is 2.32 bits per heavy atom. The smallest absolute Gasteiger partial charge is 0.255 e. The van der Waals surface area contributed by atoms with E-state index in [0.29, 0.717) is 17.9 Å². The Bertz CT molecular complexity index is 846. The Labute approximate surface area is 173 Å². The first-order valence-corrected chi connectivity index (χ1v) is 10.1. The second kappa shape index (κ2) is 9.10. The molecule has 3 rings (SSSR count). The van der Waals surface area contributed by atoms with E-state index in [9.17, 15) is 9.59 Å². The number of nitrogens with zero attached hydrogens (tertiary/aromatic N) is 2. The minimum atomic E-state index is -0.174. The summed E-state index contributed by atoms with van der Waals surface area (Å²) in [5, 5.41) is 2.92. The summed E-state index contributed by atoms with van der Waals surface area (Å²) in [4.78, 5) is 28.0. The predicted octanol–water partition coefficient (Wildman–Crippen LogP) is 3.77. The normalized spacial score (nSPS) is 14.0. The number of hydrogen-bond donors (Lipinski definition) is 1. The molecule has 1 aliphatic heterocycles. The van der Waals surface area contributed by atoms with E-state index in [1.807, 2.05) is 36.1 Å². The van der Waals surface area contributed by atoms with Crippen LogP contribution in [0.4, 0.5) is 11.4 Å². The number of nitrogens with one attached hydrogen (secondary N) is 1. The van der Waals surface area contributed by atoms with E-state index in [4.69, 9.17) is 4.74 Å². The van der Waals surface area contributed by atoms with Crippen LogP contribution in [-0.2, 0) is 4.79 Å². The molecule has 28 heavy (non-hydrogen) atoms. The number of rotatable bonds is 5. The van der Waals surface area contributed by atoms with Gasteiger partial charge in [0, 0.05) is 50.0 Å². The second-order valence-corrected chi connectivity index (χ2v) is 7.43. The predicted molar refractivity (Wildman–Crippen MR) is 114 cm³/mol. The summed E-state index contributed by atoms with van der Waals surface area (Å²) in [6.45, 7) is 7.19. The molecule has 1 aliphatic rings. The number of piperazine rings is 1. The maximum atomic E-state index is 12.5. The molecule has 1 fully saturated rings. The lowest BCUT2D eigenvalue weighted by Crippen LogP contribution is -2.48. The van der Waals surface area contributed by atoms with Crippen LogP contribution in [-0.4, -0.2) is 49.5 Å². The Morgan fingerprint density at radius 1 is 1.07 bits per heavy atom. The van der Waals surface area contributed by atoms with Gasteiger partial charge in [0.2, 0.25) is 5.91 Å². The molecule has 0 unspecified atom stereocenters. The first kappa shape index (κ1) is 20.2. The van der Waals surface area contributed by atoms with Crippen molar-refractivity contribution in [2.45, 2.75) is 13.8 Å². The van der Waals surface area contributed by atoms with Crippen LogP contribution in [0.3, 0.4) is 0 Å². The molecule has 1 heterocycles. The third kappa shape index (κ3) is 4.84. The maximum absolute atomic E-state index is 12.5. The molecular formula is C21H24BrN3O3. The van der Waals surface area contributed by atoms with Crippen molar-refractivity contribution in [3.8, 4) is 5.75 Å². The summed E-state index contributed by atoms with van der Waals surface area (Å²) in [5.74, 6) is 0.665. The molecule has 0 aromatic heterocycles. The minimum Gasteiger partial charge on any atom is -0.493 e. The van der Waals surface area contributed by atoms with E-state index in [1.54, 1.807) is 25.1 Å². The number of halogens is 1. The zero-order valence-corrected chi connectivity index (χ0v) is 17.7. The molecule has 1 N–H and O–H groups in total. The monoisotopic (exact) mass is 445 g/mol. The summed E-state index contributed by atoms with van der Waals surface area (Å²) in [6.07, 6.45) is 0. The Kier molecular flexibility index (Phi) is 6.57. The van der Waals surface area contributed by atoms with Gasteiger partial charge in [-0.25, -0.2) is 0 Å². The molecule has 2 aromatic carbocycles. The van der Waals surface area contributed by atoms with Crippen LogP contribution in [0.15, 0.2) is 46.9 Å². The highest BCUT2D eigenvalue weighted by Crippen LogP contribution is 2.26. The van der Waals surface area contributed by atoms with Gasteiger partial charge in [-0.1, -0.05) is 0 Å². The quantitative estimate of drug-likeness (QED) is 0.760. The third-order valence-corrected chi connectivity index (χ3v) is 5.33. The van der Waals surface area contributed by atoms with Gasteiger partial charge in [-0.05, 0) is 65.3 Å². The van der Waals surface area contributed by atoms with Gasteiger partial charge in [-0.15, -0.1) is 0 Å². The first-order valence-electron chi connectivity index (χ1n) is 9.32. The average molecular weight is 446 g/mol. The van der Waals surface area contributed by atoms with Crippen LogP contribution in [0.2, 0.25) is 0 Å². The van der Waals surface area contributed by atoms with Crippen LogP contribution in [0.1, 0.15) is 24.2 Å². The molecule has 0 atom stereocenters. The van der Waals surface area contributed by atoms with Crippen molar-refractivity contribution in [1.29, 1.82) is 0 Å². The molecule has 0 spiro atoms. The van der Waals surface area contributed by atoms with Gasteiger partial charge in [0.25, 0.3) is 5.91 Å². The molecule has 0 aliphatic carbocycles. The van der Waals surface area contributed by atoms with Crippen molar-refractivity contribution in [1.82, 2.24) is 4.90 Å². The van der Waals surface area contributed by atoms with Crippen LogP contribution in [0.5, 0.6) is 5.75 Å². The molecule has 6 nitrogen and oxygen atoms in total. The number of amides is 2. The fraction of sp³-hybridized carbons (Fsp3) is 0.333. The lowest BCUT2D eigenvalue weighted by Gasteiger charge is -2.35. The van der Waals surface area contributed by atoms with E-state index >= 15 is 0 Å². The Morgan fingerprint density at radius 2 is 1.75 bits per heavy atom. The maximum Gasteiger partial charge on any atom is 0.255 e. The van der Waals surface area contributed by atoms with Crippen LogP contribution >= 0.6 is 15.9 Å². The van der Waals surface area contributed by atoms with Gasteiger partial charge >= 0.3 is 0 Å². The topological polar surface area (TPSA) is 61.9 Å². The van der Waals surface area contributed by atoms with Crippen molar-refractivity contribution in [2.24, 2.45) is 0 Å². The Balaban J connectivity index is 1.60. The molecule has 2 aromatic rings. The van der Waals surface area contributed by atoms with E-state index in [0.717, 1.165) is 42.0 Å². The molecule has 7 heteroatoms. The summed E-state index contributed by atoms with van der Waals surface area (Å²) < 4.78 is 6.23. The fourth-order valence-electron chi connectivity index (χ4n) is 3.15. The lowest BCUT2D eigenvalue weighted by atomic mass is 10.2. The van der Waals surface area contributed by atoms with Crippen molar-refractivity contribution >= 4 is 39.1 Å². The van der Waals surface area contributed by atoms with E-state index < -0.39 is 0 Å². The van der Waals surface area contributed by atoms with E-state index in [1.165, 1.54) is 0 Å². The zero-order chi connectivity index (χ0) is 20.1. The highest BCUT2D eigenvalue weighted by molar-refractivity contribution is 9.10. The van der Waals surface area contributed by atoms with Crippen molar-refractivity contribution in [2.75, 3.05) is 43.0 Å². The van der Waals surface area contributed by atoms with E-state index in [2.05, 4.69) is 26.1 Å². The average Bonchev–Trinajstić information content (AvgIpc) is 2.70. The largest absolute Gasteiger partial charge is 0.493 e. The zero-order valence-electron chi connectivity index (χ0n) is 16.1. The molecule has 0 saturated carbocycles. The molecular weight excluding hydrogens is 422 g/mol. The van der Waals surface area contributed by atoms with Gasteiger partial charge in [0.15, 0.2) is 0 Å². The molecule has 1 saturated heterocycles. The van der Waals surface area contributed by atoms with Crippen LogP contribution in [0, 0.1) is 0 Å². The molecule has 148 valence electrons. The first-order chi connectivity index (χ1) is 13.5. The van der Waals surface area contributed by atoms with Crippen LogP contribution < -0.4 is 15.0 Å². The van der Waals surface area contributed by atoms with Crippen LogP contribution in [0.25, 0.3) is 0 Å². The minimum absolute atomic E-state index is 0.124. The van der Waals surface area contributed by atoms with Gasteiger partial charge in [0.05, 0.1) is 11.1 Å². The summed E-state index contributed by atoms with van der Waals surface area (Å²) in [6, 6.07) is 13.1. The van der Waals surface area contributed by atoms with Gasteiger partial charge in [0.1, 0.15) is 5.75 Å². The molecule has 0 radical (unpaired) electrons. The van der Waals surface area contributed by atoms with Crippen molar-refractivity contribution < 1.29 is 14.3 Å². The standard InChI is InChI=1S/C21H24BrN3O3/c1-3-28-20-9-4-16(14-19(20)22)21(27)23-17-5-7-18(8-6-17)25-12-10-24(11-13-25)15(2)26/h4-9,14H,3,10-13H2,1-2H3,(H,23,27). The highest BCUT2D eigenvalue weighted by atomic mass is 79.9. The number of ether oxygens (including phenoxy) is 1. The summed E-state index contributed by atoms with van der Waals surface area (Å²) in [7, 11) is 0. The second-order valence-electron chi connectivity index (χ2n) is 6.57.